The Bertz CT molecular complexity index is 668. The highest BCUT2D eigenvalue weighted by atomic mass is 35.5. The number of carbonyl (C=O) groups is 1. The van der Waals surface area contributed by atoms with E-state index in [1.165, 1.54) is 11.4 Å². The van der Waals surface area contributed by atoms with Gasteiger partial charge in [-0.3, -0.25) is 4.79 Å². The molecule has 2 aromatic heterocycles. The Morgan fingerprint density at radius 2 is 1.62 bits per heavy atom. The number of aromatic nitrogens is 4. The first-order valence-corrected chi connectivity index (χ1v) is 9.10. The van der Waals surface area contributed by atoms with Crippen LogP contribution in [0.4, 0.5) is 0 Å². The van der Waals surface area contributed by atoms with Gasteiger partial charge in [0.15, 0.2) is 5.78 Å². The van der Waals surface area contributed by atoms with Crippen molar-refractivity contribution in [1.82, 2.24) is 9.13 Å². The molecule has 0 aliphatic rings. The van der Waals surface area contributed by atoms with Gasteiger partial charge in [0, 0.05) is 13.8 Å². The van der Waals surface area contributed by atoms with Crippen molar-refractivity contribution in [2.24, 2.45) is 28.2 Å². The largest absolute Gasteiger partial charge is 1.00 e. The Morgan fingerprint density at radius 1 is 1.08 bits per heavy atom. The van der Waals surface area contributed by atoms with Crippen molar-refractivity contribution in [2.45, 2.75) is 24.2 Å². The van der Waals surface area contributed by atoms with Crippen LogP contribution >= 0.6 is 23.5 Å². The van der Waals surface area contributed by atoms with Gasteiger partial charge < -0.3 is 24.8 Å². The van der Waals surface area contributed by atoms with Gasteiger partial charge in [-0.2, -0.15) is 0 Å². The maximum Gasteiger partial charge on any atom is 0.318 e. The standard InChI is InChI=1S/C15H24N4OS2.2ClH/c1-11-12(2)19(6)15(18(11)5)22-10-13(20)9-21-14-16(3)7-8-17(14)4;;/h7-8H,9-10H2,1-6H3;2*1H/q+2;;/p-2. The van der Waals surface area contributed by atoms with Crippen LogP contribution in [-0.2, 0) is 33.0 Å². The minimum Gasteiger partial charge on any atom is -1.00 e. The van der Waals surface area contributed by atoms with Crippen LogP contribution in [0.3, 0.4) is 0 Å². The van der Waals surface area contributed by atoms with E-state index >= 15 is 0 Å². The number of Topliss-reactive ketones (excluding diaryl/α,β-unsaturated/α-hetero) is 1. The van der Waals surface area contributed by atoms with Crippen molar-refractivity contribution in [3.63, 3.8) is 0 Å². The number of nitrogens with zero attached hydrogens (tertiary/aromatic N) is 4. The van der Waals surface area contributed by atoms with Crippen molar-refractivity contribution in [1.29, 1.82) is 0 Å². The van der Waals surface area contributed by atoms with Gasteiger partial charge in [-0.15, -0.1) is 0 Å². The molecule has 24 heavy (non-hydrogen) atoms. The van der Waals surface area contributed by atoms with Crippen molar-refractivity contribution in [3.05, 3.63) is 23.8 Å². The number of hydrogen-bond acceptors (Lipinski definition) is 3. The summed E-state index contributed by atoms with van der Waals surface area (Å²) >= 11 is 3.20. The highest BCUT2D eigenvalue weighted by Crippen LogP contribution is 2.19. The van der Waals surface area contributed by atoms with E-state index in [-0.39, 0.29) is 30.6 Å². The molecule has 2 rings (SSSR count). The number of thioether (sulfide) groups is 2. The molecule has 0 aromatic carbocycles. The summed E-state index contributed by atoms with van der Waals surface area (Å²) in [6.07, 6.45) is 3.99. The van der Waals surface area contributed by atoms with Crippen LogP contribution in [0.2, 0.25) is 0 Å². The van der Waals surface area contributed by atoms with Crippen molar-refractivity contribution < 1.29 is 38.7 Å². The molecular weight excluding hydrogens is 387 g/mol. The summed E-state index contributed by atoms with van der Waals surface area (Å²) in [6, 6.07) is 0. The molecule has 0 saturated carbocycles. The van der Waals surface area contributed by atoms with Gasteiger partial charge >= 0.3 is 10.3 Å². The fourth-order valence-electron chi connectivity index (χ4n) is 2.30. The predicted octanol–water partition coefficient (Wildman–Crippen LogP) is -4.91. The molecule has 0 atom stereocenters. The summed E-state index contributed by atoms with van der Waals surface area (Å²) in [5, 5.41) is 2.22. The molecule has 0 N–H and O–H groups in total. The number of carbonyl (C=O) groups excluding carboxylic acids is 1. The average molecular weight is 411 g/mol. The van der Waals surface area contributed by atoms with Gasteiger partial charge in [-0.1, -0.05) is 0 Å². The van der Waals surface area contributed by atoms with Crippen LogP contribution in [0.5, 0.6) is 0 Å². The van der Waals surface area contributed by atoms with Gasteiger partial charge in [-0.25, -0.2) is 18.3 Å². The maximum absolute atomic E-state index is 12.2. The van der Waals surface area contributed by atoms with E-state index in [1.807, 2.05) is 49.7 Å². The fraction of sp³-hybridized carbons (Fsp3) is 0.533. The molecule has 2 aromatic rings. The first-order valence-electron chi connectivity index (χ1n) is 7.13. The lowest BCUT2D eigenvalue weighted by Gasteiger charge is -2.00. The zero-order valence-electron chi connectivity index (χ0n) is 14.8. The van der Waals surface area contributed by atoms with E-state index in [0.29, 0.717) is 11.5 Å². The normalized spacial score (nSPS) is 10.2. The van der Waals surface area contributed by atoms with Gasteiger partial charge in [0.2, 0.25) is 0 Å². The Balaban J connectivity index is 0.00000264. The third kappa shape index (κ3) is 4.94. The quantitative estimate of drug-likeness (QED) is 0.353. The van der Waals surface area contributed by atoms with Crippen LogP contribution in [0.15, 0.2) is 22.7 Å². The SMILES string of the molecule is Cc1c(C)[n+](C)c(SCC(=O)CSc2n(C)cc[n+]2C)n1C.[Cl-].[Cl-]. The van der Waals surface area contributed by atoms with Crippen LogP contribution in [0.25, 0.3) is 0 Å². The predicted molar refractivity (Wildman–Crippen MR) is 89.1 cm³/mol. The third-order valence-corrected chi connectivity index (χ3v) is 6.52. The van der Waals surface area contributed by atoms with Crippen molar-refractivity contribution in [3.8, 4) is 0 Å². The molecular formula is C15H24Cl2N4OS2. The summed E-state index contributed by atoms with van der Waals surface area (Å²) in [4.78, 5) is 12.2. The molecule has 5 nitrogen and oxygen atoms in total. The topological polar surface area (TPSA) is 34.7 Å². The second-order valence-corrected chi connectivity index (χ2v) is 7.37. The number of imidazole rings is 2. The molecule has 0 bridgehead atoms. The minimum atomic E-state index is 0. The second kappa shape index (κ2) is 9.75. The molecule has 136 valence electrons. The average Bonchev–Trinajstić information content (AvgIpc) is 2.89. The molecule has 0 aliphatic heterocycles. The van der Waals surface area contributed by atoms with Crippen LogP contribution < -0.4 is 33.9 Å². The van der Waals surface area contributed by atoms with Crippen LogP contribution in [0.1, 0.15) is 11.4 Å². The first kappa shape index (κ1) is 23.4. The lowest BCUT2D eigenvalue weighted by molar-refractivity contribution is -0.715. The Kier molecular flexibility index (Phi) is 9.49. The highest BCUT2D eigenvalue weighted by Gasteiger charge is 2.22. The fourth-order valence-corrected chi connectivity index (χ4v) is 4.41. The van der Waals surface area contributed by atoms with E-state index in [9.17, 15) is 4.79 Å². The summed E-state index contributed by atoms with van der Waals surface area (Å²) in [5.74, 6) is 1.27. The number of rotatable bonds is 6. The van der Waals surface area contributed by atoms with Gasteiger partial charge in [0.1, 0.15) is 23.8 Å². The summed E-state index contributed by atoms with van der Waals surface area (Å²) in [7, 11) is 8.09. The molecule has 9 heteroatoms. The molecule has 0 spiro atoms. The second-order valence-electron chi connectivity index (χ2n) is 5.49. The summed E-state index contributed by atoms with van der Waals surface area (Å²) in [5.41, 5.74) is 2.48. The monoisotopic (exact) mass is 410 g/mol. The molecule has 0 unspecified atom stereocenters. The number of halogens is 2. The molecule has 0 saturated heterocycles. The van der Waals surface area contributed by atoms with E-state index in [2.05, 4.69) is 23.0 Å². The van der Waals surface area contributed by atoms with E-state index in [1.54, 1.807) is 23.5 Å². The zero-order valence-corrected chi connectivity index (χ0v) is 18.0. The number of hydrogen-bond donors (Lipinski definition) is 0. The number of aryl methyl sites for hydroxylation is 2. The summed E-state index contributed by atoms with van der Waals surface area (Å²) < 4.78 is 8.37. The Hall–Kier alpha value is -0.630. The molecule has 0 aliphatic carbocycles. The van der Waals surface area contributed by atoms with Crippen LogP contribution in [0, 0.1) is 13.8 Å². The van der Waals surface area contributed by atoms with Gasteiger partial charge in [0.25, 0.3) is 0 Å². The third-order valence-electron chi connectivity index (χ3n) is 3.95. The zero-order chi connectivity index (χ0) is 16.4. The van der Waals surface area contributed by atoms with E-state index < -0.39 is 0 Å². The molecule has 0 amide bonds. The smallest absolute Gasteiger partial charge is 0.318 e. The van der Waals surface area contributed by atoms with Crippen LogP contribution in [-0.4, -0.2) is 26.4 Å². The molecule has 2 heterocycles. The number of ketones is 1. The lowest BCUT2D eigenvalue weighted by atomic mass is 10.4. The molecule has 0 radical (unpaired) electrons. The highest BCUT2D eigenvalue weighted by molar-refractivity contribution is 8.01. The Labute approximate surface area is 164 Å². The Morgan fingerprint density at radius 3 is 2.04 bits per heavy atom. The maximum atomic E-state index is 12.2. The van der Waals surface area contributed by atoms with Gasteiger partial charge in [0.05, 0.1) is 39.7 Å². The molecule has 0 fully saturated rings. The van der Waals surface area contributed by atoms with Crippen molar-refractivity contribution in [2.75, 3.05) is 11.5 Å². The summed E-state index contributed by atoms with van der Waals surface area (Å²) in [6.45, 7) is 4.21. The van der Waals surface area contributed by atoms with E-state index in [4.69, 9.17) is 0 Å². The lowest BCUT2D eigenvalue weighted by Crippen LogP contribution is -3.00. The van der Waals surface area contributed by atoms with Crippen molar-refractivity contribution >= 4 is 29.3 Å². The van der Waals surface area contributed by atoms with Gasteiger partial charge in [-0.05, 0) is 23.5 Å². The first-order chi connectivity index (χ1) is 10.3. The minimum absolute atomic E-state index is 0. The van der Waals surface area contributed by atoms with E-state index in [0.717, 1.165) is 10.3 Å².